The lowest BCUT2D eigenvalue weighted by atomic mass is 10.1. The molecule has 4 rings (SSSR count). The van der Waals surface area contributed by atoms with Gasteiger partial charge < -0.3 is 9.14 Å². The Morgan fingerprint density at radius 2 is 2.07 bits per heavy atom. The molecular weight excluding hydrogens is 376 g/mol. The molecule has 4 aromatic rings. The largest absolute Gasteiger partial charge is 0.465 e. The third-order valence-electron chi connectivity index (χ3n) is 4.53. The Morgan fingerprint density at radius 1 is 1.21 bits per heavy atom. The number of rotatable bonds is 5. The Morgan fingerprint density at radius 3 is 2.89 bits per heavy atom. The predicted molar refractivity (Wildman–Crippen MR) is 105 cm³/mol. The number of pyridine rings is 1. The molecule has 3 heterocycles. The number of ether oxygens (including phenoxy) is 1. The molecule has 0 saturated heterocycles. The Kier molecular flexibility index (Phi) is 4.82. The van der Waals surface area contributed by atoms with E-state index in [4.69, 9.17) is 4.74 Å². The quantitative estimate of drug-likeness (QED) is 0.380. The second-order valence-corrected chi connectivity index (χ2v) is 7.20. The molecule has 0 aliphatic rings. The van der Waals surface area contributed by atoms with Crippen molar-refractivity contribution in [3.8, 4) is 5.69 Å². The molecule has 9 heteroatoms. The van der Waals surface area contributed by atoms with Crippen LogP contribution in [-0.2, 0) is 10.5 Å². The predicted octanol–water partition coefficient (Wildman–Crippen LogP) is 3.01. The zero-order valence-corrected chi connectivity index (χ0v) is 16.5. The number of methoxy groups -OCH3 is 1. The molecule has 0 unspecified atom stereocenters. The first-order valence-corrected chi connectivity index (χ1v) is 9.59. The third kappa shape index (κ3) is 3.24. The van der Waals surface area contributed by atoms with E-state index < -0.39 is 5.97 Å². The van der Waals surface area contributed by atoms with Gasteiger partial charge in [0, 0.05) is 18.1 Å². The van der Waals surface area contributed by atoms with E-state index in [2.05, 4.69) is 40.4 Å². The maximum Gasteiger partial charge on any atom is 0.341 e. The average molecular weight is 394 g/mol. The van der Waals surface area contributed by atoms with Gasteiger partial charge in [0.1, 0.15) is 5.56 Å². The third-order valence-corrected chi connectivity index (χ3v) is 5.49. The summed E-state index contributed by atoms with van der Waals surface area (Å²) in [4.78, 5) is 16.5. The molecule has 3 aromatic heterocycles. The topological polar surface area (TPSA) is 87.2 Å². The molecule has 8 nitrogen and oxygen atoms in total. The molecule has 0 radical (unpaired) electrons. The number of tetrazole rings is 1. The fourth-order valence-electron chi connectivity index (χ4n) is 2.93. The van der Waals surface area contributed by atoms with Crippen LogP contribution in [0.5, 0.6) is 0 Å². The highest BCUT2D eigenvalue weighted by molar-refractivity contribution is 7.98. The summed E-state index contributed by atoms with van der Waals surface area (Å²) in [7, 11) is 1.36. The summed E-state index contributed by atoms with van der Waals surface area (Å²) in [6.07, 6.45) is 3.74. The van der Waals surface area contributed by atoms with Gasteiger partial charge in [-0.2, -0.15) is 4.68 Å². The van der Waals surface area contributed by atoms with Crippen LogP contribution in [0.25, 0.3) is 11.3 Å². The number of carbonyl (C=O) groups is 1. The van der Waals surface area contributed by atoms with Gasteiger partial charge >= 0.3 is 5.97 Å². The SMILES string of the molecule is COC(=O)c1cccn2cc(CSc3nnnn3-c3cccc(C)c3C)nc12. The number of nitrogens with zero attached hydrogens (tertiary/aromatic N) is 6. The van der Waals surface area contributed by atoms with Gasteiger partial charge in [0.25, 0.3) is 0 Å². The first-order valence-electron chi connectivity index (χ1n) is 8.61. The lowest BCUT2D eigenvalue weighted by Crippen LogP contribution is -2.03. The highest BCUT2D eigenvalue weighted by Gasteiger charge is 2.16. The Bertz CT molecular complexity index is 1170. The minimum Gasteiger partial charge on any atom is -0.465 e. The van der Waals surface area contributed by atoms with Crippen LogP contribution in [0.2, 0.25) is 0 Å². The van der Waals surface area contributed by atoms with Gasteiger partial charge in [0.2, 0.25) is 5.16 Å². The molecule has 0 saturated carbocycles. The van der Waals surface area contributed by atoms with E-state index in [1.165, 1.54) is 24.4 Å². The molecule has 0 spiro atoms. The Hall–Kier alpha value is -3.20. The fraction of sp³-hybridized carbons (Fsp3) is 0.211. The number of aromatic nitrogens is 6. The van der Waals surface area contributed by atoms with Crippen molar-refractivity contribution in [1.29, 1.82) is 0 Å². The number of benzene rings is 1. The molecule has 1 aromatic carbocycles. The van der Waals surface area contributed by atoms with E-state index in [0.717, 1.165) is 16.9 Å². The van der Waals surface area contributed by atoms with Crippen LogP contribution < -0.4 is 0 Å². The van der Waals surface area contributed by atoms with Crippen LogP contribution in [0.15, 0.2) is 47.9 Å². The van der Waals surface area contributed by atoms with E-state index in [1.807, 2.05) is 28.9 Å². The first kappa shape index (κ1) is 18.2. The highest BCUT2D eigenvalue weighted by Crippen LogP contribution is 2.25. The zero-order valence-electron chi connectivity index (χ0n) is 15.7. The summed E-state index contributed by atoms with van der Waals surface area (Å²) in [6.45, 7) is 4.11. The van der Waals surface area contributed by atoms with Crippen LogP contribution in [0.3, 0.4) is 0 Å². The summed E-state index contributed by atoms with van der Waals surface area (Å²) >= 11 is 1.49. The van der Waals surface area contributed by atoms with Crippen LogP contribution in [-0.4, -0.2) is 42.7 Å². The van der Waals surface area contributed by atoms with Gasteiger partial charge in [-0.15, -0.1) is 5.10 Å². The molecule has 0 bridgehead atoms. The molecule has 0 amide bonds. The summed E-state index contributed by atoms with van der Waals surface area (Å²) in [5, 5.41) is 12.8. The van der Waals surface area contributed by atoms with E-state index in [-0.39, 0.29) is 0 Å². The van der Waals surface area contributed by atoms with Gasteiger partial charge in [0.05, 0.1) is 18.5 Å². The number of fused-ring (bicyclic) bond motifs is 1. The second-order valence-electron chi connectivity index (χ2n) is 6.26. The van der Waals surface area contributed by atoms with Gasteiger partial charge in [-0.3, -0.25) is 0 Å². The molecule has 142 valence electrons. The minimum absolute atomic E-state index is 0.408. The van der Waals surface area contributed by atoms with Crippen molar-refractivity contribution in [3.05, 3.63) is 65.1 Å². The number of thioether (sulfide) groups is 1. The molecular formula is C19H18N6O2S. The van der Waals surface area contributed by atoms with E-state index in [0.29, 0.717) is 22.1 Å². The molecule has 0 atom stereocenters. The lowest BCUT2D eigenvalue weighted by molar-refractivity contribution is 0.0602. The van der Waals surface area contributed by atoms with Crippen LogP contribution >= 0.6 is 11.8 Å². The lowest BCUT2D eigenvalue weighted by Gasteiger charge is -2.09. The summed E-state index contributed by atoms with van der Waals surface area (Å²) < 4.78 is 8.38. The zero-order chi connectivity index (χ0) is 19.7. The van der Waals surface area contributed by atoms with E-state index >= 15 is 0 Å². The molecule has 0 aliphatic heterocycles. The van der Waals surface area contributed by atoms with Crippen molar-refractivity contribution in [3.63, 3.8) is 0 Å². The number of hydrogen-bond acceptors (Lipinski definition) is 7. The highest BCUT2D eigenvalue weighted by atomic mass is 32.2. The maximum atomic E-state index is 11.9. The van der Waals surface area contributed by atoms with Crippen LogP contribution in [0.4, 0.5) is 0 Å². The summed E-state index contributed by atoms with van der Waals surface area (Å²) in [6, 6.07) is 9.54. The first-order chi connectivity index (χ1) is 13.6. The summed E-state index contributed by atoms with van der Waals surface area (Å²) in [5.74, 6) is 0.155. The number of hydrogen-bond donors (Lipinski definition) is 0. The number of carbonyl (C=O) groups excluding carboxylic acids is 1. The Labute approximate surface area is 165 Å². The second kappa shape index (κ2) is 7.43. The fourth-order valence-corrected chi connectivity index (χ4v) is 3.69. The van der Waals surface area contributed by atoms with Gasteiger partial charge in [-0.1, -0.05) is 23.9 Å². The molecule has 0 aliphatic carbocycles. The standard InChI is InChI=1S/C19H18N6O2S/c1-12-6-4-8-16(13(12)2)25-19(21-22-23-25)28-11-14-10-24-9-5-7-15(17(24)20-14)18(26)27-3/h4-10H,11H2,1-3H3. The summed E-state index contributed by atoms with van der Waals surface area (Å²) in [5.41, 5.74) is 5.08. The number of esters is 1. The van der Waals surface area contributed by atoms with Gasteiger partial charge in [-0.25, -0.2) is 9.78 Å². The number of aryl methyl sites for hydroxylation is 1. The van der Waals surface area contributed by atoms with Crippen molar-refractivity contribution in [2.75, 3.05) is 7.11 Å². The van der Waals surface area contributed by atoms with Gasteiger partial charge in [-0.05, 0) is 53.6 Å². The Balaban J connectivity index is 1.60. The van der Waals surface area contributed by atoms with Crippen LogP contribution in [0, 0.1) is 13.8 Å². The molecule has 0 N–H and O–H groups in total. The minimum atomic E-state index is -0.408. The van der Waals surface area contributed by atoms with E-state index in [1.54, 1.807) is 16.8 Å². The maximum absolute atomic E-state index is 11.9. The smallest absolute Gasteiger partial charge is 0.341 e. The van der Waals surface area contributed by atoms with Gasteiger partial charge in [0.15, 0.2) is 5.65 Å². The van der Waals surface area contributed by atoms with Crippen molar-refractivity contribution >= 4 is 23.4 Å². The van der Waals surface area contributed by atoms with Crippen molar-refractivity contribution < 1.29 is 9.53 Å². The van der Waals surface area contributed by atoms with Crippen molar-refractivity contribution in [2.24, 2.45) is 0 Å². The molecule has 0 fully saturated rings. The number of imidazole rings is 1. The van der Waals surface area contributed by atoms with Crippen LogP contribution in [0.1, 0.15) is 27.2 Å². The normalized spacial score (nSPS) is 11.1. The monoisotopic (exact) mass is 394 g/mol. The van der Waals surface area contributed by atoms with E-state index in [9.17, 15) is 4.79 Å². The average Bonchev–Trinajstić information content (AvgIpc) is 3.33. The van der Waals surface area contributed by atoms with Crippen molar-refractivity contribution in [1.82, 2.24) is 29.6 Å². The molecule has 28 heavy (non-hydrogen) atoms. The van der Waals surface area contributed by atoms with Crippen molar-refractivity contribution in [2.45, 2.75) is 24.8 Å².